The van der Waals surface area contributed by atoms with Crippen LogP contribution in [0.1, 0.15) is 30.9 Å². The van der Waals surface area contributed by atoms with E-state index in [1.807, 2.05) is 12.1 Å². The Kier molecular flexibility index (Phi) is 6.71. The second kappa shape index (κ2) is 9.50. The van der Waals surface area contributed by atoms with Crippen molar-refractivity contribution in [2.45, 2.75) is 39.0 Å². The van der Waals surface area contributed by atoms with Crippen molar-refractivity contribution in [3.8, 4) is 5.75 Å². The molecule has 2 aliphatic heterocycles. The molecule has 4 rings (SSSR count). The Hall–Kier alpha value is -2.58. The average Bonchev–Trinajstić information content (AvgIpc) is 2.77. The summed E-state index contributed by atoms with van der Waals surface area (Å²) in [5.41, 5.74) is 2.72. The van der Waals surface area contributed by atoms with Gasteiger partial charge in [0.05, 0.1) is 18.5 Å². The van der Waals surface area contributed by atoms with Crippen molar-refractivity contribution in [1.82, 2.24) is 10.2 Å². The summed E-state index contributed by atoms with van der Waals surface area (Å²) < 4.78 is 31.5. The van der Waals surface area contributed by atoms with Gasteiger partial charge in [0.1, 0.15) is 5.75 Å². The van der Waals surface area contributed by atoms with Gasteiger partial charge in [-0.05, 0) is 48.6 Å². The fraction of sp³-hybridized carbons (Fsp3) is 0.458. The number of piperidine rings is 1. The summed E-state index contributed by atoms with van der Waals surface area (Å²) in [5, 5.41) is 2.88. The highest BCUT2D eigenvalue weighted by Crippen LogP contribution is 2.34. The Morgan fingerprint density at radius 2 is 1.81 bits per heavy atom. The van der Waals surface area contributed by atoms with Gasteiger partial charge in [0.2, 0.25) is 10.0 Å². The molecule has 2 aliphatic rings. The second-order valence-electron chi connectivity index (χ2n) is 8.89. The Morgan fingerprint density at radius 3 is 2.53 bits per heavy atom. The smallest absolute Gasteiger partial charge is 0.263 e. The third-order valence-corrected chi connectivity index (χ3v) is 7.21. The highest BCUT2D eigenvalue weighted by molar-refractivity contribution is 7.92. The molecule has 1 amide bonds. The number of carbonyl (C=O) groups is 1. The van der Waals surface area contributed by atoms with Crippen LogP contribution in [-0.2, 0) is 27.9 Å². The van der Waals surface area contributed by atoms with Crippen molar-refractivity contribution in [2.75, 3.05) is 30.2 Å². The van der Waals surface area contributed by atoms with Gasteiger partial charge in [-0.3, -0.25) is 14.0 Å². The standard InChI is InChI=1S/C24H31N3O4S/c1-18-6-5-13-26(15-18)16-20-11-9-19(10-12-20)14-25-24(28)23-17-27(32(2,29)30)21-7-3-4-8-22(21)31-23/h3-4,7-12,18,23H,5-6,13-17H2,1-2H3,(H,25,28). The zero-order chi connectivity index (χ0) is 22.7. The van der Waals surface area contributed by atoms with Gasteiger partial charge in [-0.1, -0.05) is 43.3 Å². The fourth-order valence-electron chi connectivity index (χ4n) is 4.41. The Morgan fingerprint density at radius 1 is 1.09 bits per heavy atom. The van der Waals surface area contributed by atoms with E-state index < -0.39 is 16.1 Å². The molecule has 0 radical (unpaired) electrons. The molecule has 32 heavy (non-hydrogen) atoms. The van der Waals surface area contributed by atoms with E-state index in [1.54, 1.807) is 24.3 Å². The molecule has 2 aromatic carbocycles. The number of ether oxygens (including phenoxy) is 1. The highest BCUT2D eigenvalue weighted by Gasteiger charge is 2.34. The maximum absolute atomic E-state index is 12.7. The Labute approximate surface area is 190 Å². The molecule has 172 valence electrons. The van der Waals surface area contributed by atoms with Crippen LogP contribution < -0.4 is 14.4 Å². The third kappa shape index (κ3) is 5.42. The van der Waals surface area contributed by atoms with Gasteiger partial charge in [0.15, 0.2) is 6.10 Å². The number of para-hydroxylation sites is 2. The van der Waals surface area contributed by atoms with Crippen molar-refractivity contribution >= 4 is 21.6 Å². The van der Waals surface area contributed by atoms with Gasteiger partial charge >= 0.3 is 0 Å². The molecule has 8 heteroatoms. The number of carbonyl (C=O) groups excluding carboxylic acids is 1. The van der Waals surface area contributed by atoms with Gasteiger partial charge in [0, 0.05) is 19.6 Å². The minimum Gasteiger partial charge on any atom is -0.476 e. The number of likely N-dealkylation sites (tertiary alicyclic amines) is 1. The summed E-state index contributed by atoms with van der Waals surface area (Å²) in [7, 11) is -3.52. The van der Waals surface area contributed by atoms with Crippen LogP contribution in [0, 0.1) is 5.92 Å². The van der Waals surface area contributed by atoms with Crippen LogP contribution in [0.3, 0.4) is 0 Å². The SMILES string of the molecule is CC1CCCN(Cc2ccc(CNC(=O)C3CN(S(C)(=O)=O)c4ccccc4O3)cc2)C1. The number of rotatable bonds is 6. The van der Waals surface area contributed by atoms with Crippen LogP contribution in [-0.4, -0.2) is 51.2 Å². The van der Waals surface area contributed by atoms with Gasteiger partial charge < -0.3 is 10.1 Å². The quantitative estimate of drug-likeness (QED) is 0.722. The minimum absolute atomic E-state index is 0.0468. The molecule has 1 fully saturated rings. The lowest BCUT2D eigenvalue weighted by Gasteiger charge is -2.33. The van der Waals surface area contributed by atoms with Crippen molar-refractivity contribution in [2.24, 2.45) is 5.92 Å². The molecule has 0 bridgehead atoms. The lowest BCUT2D eigenvalue weighted by atomic mass is 9.99. The Bertz CT molecular complexity index is 1060. The van der Waals surface area contributed by atoms with Crippen molar-refractivity contribution in [3.63, 3.8) is 0 Å². The van der Waals surface area contributed by atoms with Crippen LogP contribution >= 0.6 is 0 Å². The van der Waals surface area contributed by atoms with E-state index in [2.05, 4.69) is 29.3 Å². The first kappa shape index (κ1) is 22.6. The normalized spacial score (nSPS) is 21.5. The van der Waals surface area contributed by atoms with E-state index in [1.165, 1.54) is 22.7 Å². The number of hydrogen-bond acceptors (Lipinski definition) is 5. The zero-order valence-corrected chi connectivity index (χ0v) is 19.5. The molecule has 0 spiro atoms. The maximum atomic E-state index is 12.7. The zero-order valence-electron chi connectivity index (χ0n) is 18.7. The number of amides is 1. The molecule has 2 unspecified atom stereocenters. The van der Waals surface area contributed by atoms with Crippen molar-refractivity contribution in [1.29, 1.82) is 0 Å². The first-order valence-electron chi connectivity index (χ1n) is 11.1. The summed E-state index contributed by atoms with van der Waals surface area (Å²) >= 11 is 0. The molecule has 1 N–H and O–H groups in total. The van der Waals surface area contributed by atoms with Gasteiger partial charge in [-0.25, -0.2) is 8.42 Å². The van der Waals surface area contributed by atoms with Crippen LogP contribution in [0.5, 0.6) is 5.75 Å². The fourth-order valence-corrected chi connectivity index (χ4v) is 5.32. The molecule has 2 aromatic rings. The molecule has 2 heterocycles. The average molecular weight is 458 g/mol. The third-order valence-electron chi connectivity index (χ3n) is 6.06. The monoisotopic (exact) mass is 457 g/mol. The number of nitrogens with one attached hydrogen (secondary N) is 1. The van der Waals surface area contributed by atoms with Crippen molar-refractivity contribution < 1.29 is 17.9 Å². The second-order valence-corrected chi connectivity index (χ2v) is 10.8. The number of sulfonamides is 1. The summed E-state index contributed by atoms with van der Waals surface area (Å²) in [4.78, 5) is 15.2. The van der Waals surface area contributed by atoms with Crippen LogP contribution in [0.2, 0.25) is 0 Å². The molecule has 7 nitrogen and oxygen atoms in total. The van der Waals surface area contributed by atoms with E-state index in [4.69, 9.17) is 4.74 Å². The lowest BCUT2D eigenvalue weighted by Crippen LogP contribution is -2.50. The summed E-state index contributed by atoms with van der Waals surface area (Å²) in [5.74, 6) is 0.811. The first-order valence-corrected chi connectivity index (χ1v) is 13.0. The molecular formula is C24H31N3O4S. The predicted octanol–water partition coefficient (Wildman–Crippen LogP) is 2.76. The van der Waals surface area contributed by atoms with E-state index in [-0.39, 0.29) is 12.5 Å². The molecule has 0 aromatic heterocycles. The van der Waals surface area contributed by atoms with E-state index in [9.17, 15) is 13.2 Å². The lowest BCUT2D eigenvalue weighted by molar-refractivity contribution is -0.127. The van der Waals surface area contributed by atoms with Crippen LogP contribution in [0.4, 0.5) is 5.69 Å². The number of nitrogens with zero attached hydrogens (tertiary/aromatic N) is 2. The molecule has 0 saturated carbocycles. The molecule has 2 atom stereocenters. The molecule has 0 aliphatic carbocycles. The largest absolute Gasteiger partial charge is 0.476 e. The number of benzene rings is 2. The highest BCUT2D eigenvalue weighted by atomic mass is 32.2. The number of anilines is 1. The van der Waals surface area contributed by atoms with E-state index in [0.717, 1.165) is 37.4 Å². The van der Waals surface area contributed by atoms with E-state index in [0.29, 0.717) is 18.0 Å². The minimum atomic E-state index is -3.52. The van der Waals surface area contributed by atoms with Gasteiger partial charge in [0.25, 0.3) is 5.91 Å². The van der Waals surface area contributed by atoms with Crippen molar-refractivity contribution in [3.05, 3.63) is 59.7 Å². The van der Waals surface area contributed by atoms with E-state index >= 15 is 0 Å². The first-order chi connectivity index (χ1) is 15.3. The van der Waals surface area contributed by atoms with Gasteiger partial charge in [-0.2, -0.15) is 0 Å². The maximum Gasteiger partial charge on any atom is 0.263 e. The Balaban J connectivity index is 1.34. The summed E-state index contributed by atoms with van der Waals surface area (Å²) in [6.07, 6.45) is 2.80. The summed E-state index contributed by atoms with van der Waals surface area (Å²) in [6, 6.07) is 15.1. The van der Waals surface area contributed by atoms with Crippen LogP contribution in [0.25, 0.3) is 0 Å². The molecular weight excluding hydrogens is 426 g/mol. The summed E-state index contributed by atoms with van der Waals surface area (Å²) in [6.45, 7) is 5.87. The topological polar surface area (TPSA) is 79.0 Å². The van der Waals surface area contributed by atoms with Gasteiger partial charge in [-0.15, -0.1) is 0 Å². The number of fused-ring (bicyclic) bond motifs is 1. The van der Waals surface area contributed by atoms with Crippen LogP contribution in [0.15, 0.2) is 48.5 Å². The number of hydrogen-bond donors (Lipinski definition) is 1. The molecule has 1 saturated heterocycles. The predicted molar refractivity (Wildman–Crippen MR) is 125 cm³/mol.